The van der Waals surface area contributed by atoms with Gasteiger partial charge >= 0.3 is 6.03 Å². The summed E-state index contributed by atoms with van der Waals surface area (Å²) >= 11 is 0. The average molecular weight is 326 g/mol. The summed E-state index contributed by atoms with van der Waals surface area (Å²) in [7, 11) is 0. The molecule has 2 aliphatic heterocycles. The zero-order valence-electron chi connectivity index (χ0n) is 14.7. The second-order valence-electron chi connectivity index (χ2n) is 7.22. The number of imide groups is 1. The maximum Gasteiger partial charge on any atom is 0.325 e. The monoisotopic (exact) mass is 326 g/mol. The highest BCUT2D eigenvalue weighted by atomic mass is 16.3. The number of urea groups is 1. The van der Waals surface area contributed by atoms with Crippen molar-refractivity contribution in [2.45, 2.75) is 51.8 Å². The maximum absolute atomic E-state index is 12.2. The number of aliphatic hydroxyl groups excluding tert-OH is 1. The fourth-order valence-electron chi connectivity index (χ4n) is 3.39. The number of piperazine rings is 1. The Kier molecular flexibility index (Phi) is 5.65. The molecule has 132 valence electrons. The molecule has 0 aromatic carbocycles. The van der Waals surface area contributed by atoms with Crippen molar-refractivity contribution in [3.05, 3.63) is 0 Å². The van der Waals surface area contributed by atoms with Crippen molar-refractivity contribution < 1.29 is 14.7 Å². The Morgan fingerprint density at radius 1 is 1.30 bits per heavy atom. The van der Waals surface area contributed by atoms with Gasteiger partial charge in [0.05, 0.1) is 6.10 Å². The number of amides is 3. The van der Waals surface area contributed by atoms with Gasteiger partial charge in [-0.05, 0) is 27.2 Å². The lowest BCUT2D eigenvalue weighted by atomic mass is 10.1. The quantitative estimate of drug-likeness (QED) is 0.677. The first-order chi connectivity index (χ1) is 10.7. The first kappa shape index (κ1) is 18.2. The Bertz CT molecular complexity index is 453. The van der Waals surface area contributed by atoms with E-state index in [0.29, 0.717) is 25.7 Å². The molecule has 7 nitrogen and oxygen atoms in total. The molecule has 7 heteroatoms. The summed E-state index contributed by atoms with van der Waals surface area (Å²) in [5.41, 5.74) is -0.793. The van der Waals surface area contributed by atoms with Gasteiger partial charge in [0, 0.05) is 45.3 Å². The standard InChI is InChI=1S/C16H30N4O3/c1-5-13-11-18(6-8-19(13)10-12(2)21)7-9-20-14(22)16(3,4)17-15(20)23/h12-13,21H,5-11H2,1-4H3,(H,17,23)/t12-,13-/m0/s1. The van der Waals surface area contributed by atoms with E-state index in [1.54, 1.807) is 13.8 Å². The van der Waals surface area contributed by atoms with Crippen molar-refractivity contribution in [3.8, 4) is 0 Å². The number of carbonyl (C=O) groups excluding carboxylic acids is 2. The van der Waals surface area contributed by atoms with Crippen molar-refractivity contribution in [1.82, 2.24) is 20.0 Å². The second kappa shape index (κ2) is 7.15. The molecule has 0 spiro atoms. The summed E-state index contributed by atoms with van der Waals surface area (Å²) in [6.45, 7) is 12.0. The third kappa shape index (κ3) is 4.22. The first-order valence-electron chi connectivity index (χ1n) is 8.53. The Morgan fingerprint density at radius 2 is 2.00 bits per heavy atom. The van der Waals surface area contributed by atoms with Gasteiger partial charge in [0.15, 0.2) is 0 Å². The van der Waals surface area contributed by atoms with Crippen LogP contribution in [0.3, 0.4) is 0 Å². The predicted molar refractivity (Wildman–Crippen MR) is 88.1 cm³/mol. The van der Waals surface area contributed by atoms with Crippen LogP contribution in [0.25, 0.3) is 0 Å². The molecule has 2 heterocycles. The molecule has 2 rings (SSSR count). The minimum Gasteiger partial charge on any atom is -0.392 e. The molecular weight excluding hydrogens is 296 g/mol. The van der Waals surface area contributed by atoms with E-state index in [1.165, 1.54) is 4.90 Å². The van der Waals surface area contributed by atoms with Crippen LogP contribution >= 0.6 is 0 Å². The number of β-amino-alcohol motifs (C(OH)–C–C–N with tert-alkyl or cyclic N) is 1. The summed E-state index contributed by atoms with van der Waals surface area (Å²) < 4.78 is 0. The highest BCUT2D eigenvalue weighted by Crippen LogP contribution is 2.17. The topological polar surface area (TPSA) is 76.1 Å². The number of hydrogen-bond donors (Lipinski definition) is 2. The van der Waals surface area contributed by atoms with E-state index in [2.05, 4.69) is 22.0 Å². The number of nitrogens with one attached hydrogen (secondary N) is 1. The molecule has 2 saturated heterocycles. The van der Waals surface area contributed by atoms with Gasteiger partial charge in [0.25, 0.3) is 5.91 Å². The van der Waals surface area contributed by atoms with Gasteiger partial charge in [-0.2, -0.15) is 0 Å². The van der Waals surface area contributed by atoms with Crippen LogP contribution in [0.1, 0.15) is 34.1 Å². The van der Waals surface area contributed by atoms with Crippen molar-refractivity contribution in [1.29, 1.82) is 0 Å². The van der Waals surface area contributed by atoms with E-state index in [9.17, 15) is 14.7 Å². The van der Waals surface area contributed by atoms with Crippen LogP contribution in [0.4, 0.5) is 4.79 Å². The molecule has 0 radical (unpaired) electrons. The molecule has 0 saturated carbocycles. The van der Waals surface area contributed by atoms with Crippen molar-refractivity contribution in [3.63, 3.8) is 0 Å². The molecule has 0 aromatic heterocycles. The third-order valence-corrected chi connectivity index (χ3v) is 4.74. The van der Waals surface area contributed by atoms with Gasteiger partial charge in [-0.1, -0.05) is 6.92 Å². The van der Waals surface area contributed by atoms with Gasteiger partial charge < -0.3 is 10.4 Å². The van der Waals surface area contributed by atoms with E-state index >= 15 is 0 Å². The molecule has 2 atom stereocenters. The average Bonchev–Trinajstić information content (AvgIpc) is 2.66. The normalized spacial score (nSPS) is 27.3. The van der Waals surface area contributed by atoms with Crippen LogP contribution in [0.2, 0.25) is 0 Å². The molecule has 0 unspecified atom stereocenters. The van der Waals surface area contributed by atoms with Crippen molar-refractivity contribution >= 4 is 11.9 Å². The minimum absolute atomic E-state index is 0.151. The lowest BCUT2D eigenvalue weighted by Crippen LogP contribution is -2.55. The molecule has 2 aliphatic rings. The van der Waals surface area contributed by atoms with E-state index < -0.39 is 5.54 Å². The fraction of sp³-hybridized carbons (Fsp3) is 0.875. The Balaban J connectivity index is 1.86. The van der Waals surface area contributed by atoms with Crippen LogP contribution in [-0.4, -0.2) is 88.7 Å². The summed E-state index contributed by atoms with van der Waals surface area (Å²) in [6.07, 6.45) is 0.711. The first-order valence-corrected chi connectivity index (χ1v) is 8.53. The molecular formula is C16H30N4O3. The summed E-state index contributed by atoms with van der Waals surface area (Å²) in [6, 6.07) is 0.123. The maximum atomic E-state index is 12.2. The van der Waals surface area contributed by atoms with E-state index in [4.69, 9.17) is 0 Å². The lowest BCUT2D eigenvalue weighted by molar-refractivity contribution is -0.130. The minimum atomic E-state index is -0.793. The molecule has 2 fully saturated rings. The molecule has 23 heavy (non-hydrogen) atoms. The van der Waals surface area contributed by atoms with Gasteiger partial charge in [-0.15, -0.1) is 0 Å². The number of hydrogen-bond acceptors (Lipinski definition) is 5. The van der Waals surface area contributed by atoms with E-state index in [-0.39, 0.29) is 18.0 Å². The summed E-state index contributed by atoms with van der Waals surface area (Å²) in [5.74, 6) is -0.151. The second-order valence-corrected chi connectivity index (χ2v) is 7.22. The van der Waals surface area contributed by atoms with Gasteiger partial charge in [-0.25, -0.2) is 4.79 Å². The largest absolute Gasteiger partial charge is 0.392 e. The third-order valence-electron chi connectivity index (χ3n) is 4.74. The number of nitrogens with zero attached hydrogens (tertiary/aromatic N) is 3. The van der Waals surface area contributed by atoms with E-state index in [1.807, 2.05) is 6.92 Å². The Labute approximate surface area is 138 Å². The highest BCUT2D eigenvalue weighted by molar-refractivity contribution is 6.06. The Hall–Kier alpha value is -1.18. The van der Waals surface area contributed by atoms with E-state index in [0.717, 1.165) is 26.1 Å². The lowest BCUT2D eigenvalue weighted by Gasteiger charge is -2.42. The predicted octanol–water partition coefficient (Wildman–Crippen LogP) is 0.0938. The van der Waals surface area contributed by atoms with Crippen molar-refractivity contribution in [2.24, 2.45) is 0 Å². The molecule has 3 amide bonds. The highest BCUT2D eigenvalue weighted by Gasteiger charge is 2.44. The van der Waals surface area contributed by atoms with Crippen molar-refractivity contribution in [2.75, 3.05) is 39.3 Å². The van der Waals surface area contributed by atoms with Crippen LogP contribution in [0.5, 0.6) is 0 Å². The molecule has 0 bridgehead atoms. The SMILES string of the molecule is CC[C@H]1CN(CCN2C(=O)NC(C)(C)C2=O)CCN1C[C@H](C)O. The van der Waals surface area contributed by atoms with Crippen LogP contribution < -0.4 is 5.32 Å². The molecule has 0 aromatic rings. The number of rotatable bonds is 6. The number of carbonyl (C=O) groups is 2. The van der Waals surface area contributed by atoms with Crippen LogP contribution in [0.15, 0.2) is 0 Å². The van der Waals surface area contributed by atoms with Crippen LogP contribution in [0, 0.1) is 0 Å². The fourth-order valence-corrected chi connectivity index (χ4v) is 3.39. The van der Waals surface area contributed by atoms with Crippen LogP contribution in [-0.2, 0) is 4.79 Å². The zero-order chi connectivity index (χ0) is 17.2. The van der Waals surface area contributed by atoms with Gasteiger partial charge in [-0.3, -0.25) is 19.5 Å². The molecule has 0 aliphatic carbocycles. The summed E-state index contributed by atoms with van der Waals surface area (Å²) in [4.78, 5) is 30.1. The van der Waals surface area contributed by atoms with Gasteiger partial charge in [0.2, 0.25) is 0 Å². The molecule has 2 N–H and O–H groups in total. The van der Waals surface area contributed by atoms with Gasteiger partial charge in [0.1, 0.15) is 5.54 Å². The number of aliphatic hydroxyl groups is 1. The Morgan fingerprint density at radius 3 is 2.52 bits per heavy atom. The summed E-state index contributed by atoms with van der Waals surface area (Å²) in [5, 5.41) is 12.3. The zero-order valence-corrected chi connectivity index (χ0v) is 14.7. The smallest absolute Gasteiger partial charge is 0.325 e.